The number of fused-ring (bicyclic) bond motifs is 3. The Balaban J connectivity index is 1.23. The number of likely N-dealkylation sites (N-methyl/N-ethyl adjacent to an activating group) is 2. The quantitative estimate of drug-likeness (QED) is 0.0623. The molecule has 0 aliphatic carbocycles. The van der Waals surface area contributed by atoms with Gasteiger partial charge in [-0.1, -0.05) is 145 Å². The van der Waals surface area contributed by atoms with Crippen LogP contribution in [-0.2, 0) is 73.6 Å². The second-order valence-electron chi connectivity index (χ2n) is 23.3. The Bertz CT molecular complexity index is 3130. The molecule has 7 rings (SSSR count). The SMILES string of the molecule is CNCC(=O)N[C@H](C(=O)N1C[C@@H](c2ccc3c(c2)CN(C(=O)C(NC(=O)[C@H](C)NC)C(C)(C)C)C(C(=O)N[C@@H](Cc2ccc4ccccc4c2)C(=O)OC)C3)C[C@H]1C(=O)N[C@@H](Cc1ccc2ccccc2c1)C(=O)OC)C(C)(C)C. The molecule has 8 atom stereocenters. The minimum absolute atomic E-state index is 0.0425. The van der Waals surface area contributed by atoms with E-state index < -0.39 is 106 Å². The minimum Gasteiger partial charge on any atom is -0.467 e. The van der Waals surface area contributed by atoms with Gasteiger partial charge in [0.25, 0.3) is 0 Å². The summed E-state index contributed by atoms with van der Waals surface area (Å²) in [5.41, 5.74) is 2.13. The minimum atomic E-state index is -1.13. The van der Waals surface area contributed by atoms with E-state index in [1.807, 2.05) is 145 Å². The maximum absolute atomic E-state index is 15.2. The molecule has 0 radical (unpaired) electrons. The molecule has 18 nitrogen and oxygen atoms in total. The monoisotopic (exact) mass is 1090 g/mol. The first-order chi connectivity index (χ1) is 37.9. The van der Waals surface area contributed by atoms with E-state index >= 15 is 9.59 Å². The average Bonchev–Trinajstić information content (AvgIpc) is 3.91. The van der Waals surface area contributed by atoms with E-state index in [1.165, 1.54) is 24.0 Å². The molecule has 0 spiro atoms. The van der Waals surface area contributed by atoms with Gasteiger partial charge in [-0.05, 0) is 87.6 Å². The largest absolute Gasteiger partial charge is 0.467 e. The Kier molecular flexibility index (Phi) is 19.2. The Morgan fingerprint density at radius 1 is 0.588 bits per heavy atom. The van der Waals surface area contributed by atoms with Crippen molar-refractivity contribution in [1.29, 1.82) is 0 Å². The highest BCUT2D eigenvalue weighted by Gasteiger charge is 2.47. The molecule has 1 fully saturated rings. The van der Waals surface area contributed by atoms with Gasteiger partial charge in [-0.2, -0.15) is 0 Å². The lowest BCUT2D eigenvalue weighted by atomic mass is 9.83. The van der Waals surface area contributed by atoms with Crippen LogP contribution in [0.15, 0.2) is 103 Å². The summed E-state index contributed by atoms with van der Waals surface area (Å²) in [4.78, 5) is 116. The molecule has 0 aromatic heterocycles. The third-order valence-electron chi connectivity index (χ3n) is 15.4. The van der Waals surface area contributed by atoms with E-state index in [0.29, 0.717) is 5.56 Å². The lowest BCUT2D eigenvalue weighted by Gasteiger charge is -2.41. The molecule has 80 heavy (non-hydrogen) atoms. The van der Waals surface area contributed by atoms with Crippen molar-refractivity contribution in [1.82, 2.24) is 41.7 Å². The first kappa shape index (κ1) is 60.0. The smallest absolute Gasteiger partial charge is 0.328 e. The lowest BCUT2D eigenvalue weighted by Crippen LogP contribution is -2.62. The predicted molar refractivity (Wildman–Crippen MR) is 306 cm³/mol. The maximum Gasteiger partial charge on any atom is 0.328 e. The van der Waals surface area contributed by atoms with E-state index in [0.717, 1.165) is 43.8 Å². The second kappa shape index (κ2) is 25.6. The van der Waals surface area contributed by atoms with Crippen LogP contribution in [-0.4, -0.2) is 141 Å². The second-order valence-corrected chi connectivity index (χ2v) is 23.3. The summed E-state index contributed by atoms with van der Waals surface area (Å²) in [6.07, 6.45) is 0.391. The molecule has 2 unspecified atom stereocenters. The van der Waals surface area contributed by atoms with Crippen molar-refractivity contribution in [3.63, 3.8) is 0 Å². The number of likely N-dealkylation sites (tertiary alicyclic amines) is 1. The zero-order valence-corrected chi connectivity index (χ0v) is 47.9. The summed E-state index contributed by atoms with van der Waals surface area (Å²) >= 11 is 0. The van der Waals surface area contributed by atoms with Gasteiger partial charge in [0.05, 0.1) is 26.8 Å². The number of carbonyl (C=O) groups excluding carboxylic acids is 8. The van der Waals surface area contributed by atoms with E-state index in [4.69, 9.17) is 9.47 Å². The fourth-order valence-corrected chi connectivity index (χ4v) is 10.7. The molecule has 5 aromatic rings. The van der Waals surface area contributed by atoms with Crippen LogP contribution in [0.25, 0.3) is 21.5 Å². The summed E-state index contributed by atoms with van der Waals surface area (Å²) in [6, 6.07) is 25.7. The van der Waals surface area contributed by atoms with Gasteiger partial charge in [0.2, 0.25) is 35.4 Å². The molecule has 426 valence electrons. The number of carbonyl (C=O) groups is 8. The fourth-order valence-electron chi connectivity index (χ4n) is 10.7. The van der Waals surface area contributed by atoms with Crippen molar-refractivity contribution in [2.45, 2.75) is 129 Å². The van der Waals surface area contributed by atoms with Crippen LogP contribution in [0, 0.1) is 10.8 Å². The normalized spacial score (nSPS) is 18.2. The van der Waals surface area contributed by atoms with Crippen LogP contribution in [0.5, 0.6) is 0 Å². The average molecular weight is 1100 g/mol. The summed E-state index contributed by atoms with van der Waals surface area (Å²) < 4.78 is 10.4. The number of ether oxygens (including phenoxy) is 2. The topological polar surface area (TPSA) is 234 Å². The molecule has 0 saturated carbocycles. The van der Waals surface area contributed by atoms with Crippen LogP contribution in [0.3, 0.4) is 0 Å². The number of hydrogen-bond donors (Lipinski definition) is 6. The number of hydrogen-bond acceptors (Lipinski definition) is 12. The number of methoxy groups -OCH3 is 2. The first-order valence-electron chi connectivity index (χ1n) is 27.3. The summed E-state index contributed by atoms with van der Waals surface area (Å²) in [5.74, 6) is -4.78. The highest BCUT2D eigenvalue weighted by atomic mass is 16.5. The summed E-state index contributed by atoms with van der Waals surface area (Å²) in [6.45, 7) is 12.6. The number of benzene rings is 5. The molecule has 2 aliphatic rings. The van der Waals surface area contributed by atoms with Gasteiger partial charge in [-0.3, -0.25) is 28.8 Å². The van der Waals surface area contributed by atoms with Crippen LogP contribution in [0.4, 0.5) is 0 Å². The molecule has 0 bridgehead atoms. The Hall–Kier alpha value is -7.70. The van der Waals surface area contributed by atoms with Crippen molar-refractivity contribution in [2.24, 2.45) is 10.8 Å². The fraction of sp³-hybridized carbons (Fsp3) is 0.452. The standard InChI is InChI=1S/C62H78N8O10/c1-36(64-9)54(72)68-53(62(5,6)7)58(76)69-34-45-30-43(24-25-44(45)31-49(69)55(73)65-47(59(77)79-10)28-37-20-22-39-16-12-14-18-41(39)26-37)46-32-50(70(35-46)57(75)52(61(2,3)4)67-51(71)33-63-8)56(74)66-48(60(78)80-11)29-38-21-23-40-17-13-15-19-42(40)27-38/h12-27,30,36,46-50,52-53,63-64H,28-29,31-35H2,1-11H3,(H,65,73)(H,66,74)(H,67,71)(H,68,72)/t36-,46-,47-,48-,49?,50-,52+,53?/m0/s1. The molecule has 2 heterocycles. The maximum atomic E-state index is 15.2. The number of rotatable bonds is 19. The Morgan fingerprint density at radius 2 is 1.09 bits per heavy atom. The predicted octanol–water partition coefficient (Wildman–Crippen LogP) is 4.62. The highest BCUT2D eigenvalue weighted by Crippen LogP contribution is 2.37. The van der Waals surface area contributed by atoms with Crippen LogP contribution >= 0.6 is 0 Å². The van der Waals surface area contributed by atoms with E-state index in [9.17, 15) is 28.8 Å². The zero-order chi connectivity index (χ0) is 58.2. The molecule has 6 amide bonds. The number of amides is 6. The lowest BCUT2D eigenvalue weighted by molar-refractivity contribution is -0.149. The van der Waals surface area contributed by atoms with E-state index in [-0.39, 0.29) is 45.3 Å². The molecular formula is C62H78N8O10. The van der Waals surface area contributed by atoms with Gasteiger partial charge in [0.15, 0.2) is 0 Å². The molecule has 2 aliphatic heterocycles. The van der Waals surface area contributed by atoms with Gasteiger partial charge in [0.1, 0.15) is 36.3 Å². The van der Waals surface area contributed by atoms with Crippen LogP contribution in [0.1, 0.15) is 88.6 Å². The van der Waals surface area contributed by atoms with Crippen LogP contribution in [0.2, 0.25) is 0 Å². The van der Waals surface area contributed by atoms with Crippen molar-refractivity contribution in [3.05, 3.63) is 131 Å². The highest BCUT2D eigenvalue weighted by molar-refractivity contribution is 5.97. The number of esters is 2. The Morgan fingerprint density at radius 3 is 1.59 bits per heavy atom. The zero-order valence-electron chi connectivity index (χ0n) is 47.9. The van der Waals surface area contributed by atoms with Crippen molar-refractivity contribution in [3.8, 4) is 0 Å². The van der Waals surface area contributed by atoms with Crippen molar-refractivity contribution in [2.75, 3.05) is 41.4 Å². The van der Waals surface area contributed by atoms with E-state index in [2.05, 4.69) is 31.9 Å². The molecule has 5 aromatic carbocycles. The van der Waals surface area contributed by atoms with Gasteiger partial charge in [-0.25, -0.2) is 9.59 Å². The molecule has 1 saturated heterocycles. The summed E-state index contributed by atoms with van der Waals surface area (Å²) in [7, 11) is 5.76. The number of nitrogens with zero attached hydrogens (tertiary/aromatic N) is 2. The third-order valence-corrected chi connectivity index (χ3v) is 15.4. The van der Waals surface area contributed by atoms with Gasteiger partial charge in [0, 0.05) is 38.3 Å². The summed E-state index contributed by atoms with van der Waals surface area (Å²) in [5, 5.41) is 21.4. The third kappa shape index (κ3) is 14.2. The van der Waals surface area contributed by atoms with Gasteiger partial charge in [-0.15, -0.1) is 0 Å². The molecule has 18 heteroatoms. The molecule has 6 N–H and O–H groups in total. The van der Waals surface area contributed by atoms with Gasteiger partial charge < -0.3 is 51.2 Å². The Labute approximate surface area is 468 Å². The van der Waals surface area contributed by atoms with E-state index in [1.54, 1.807) is 21.0 Å². The van der Waals surface area contributed by atoms with Gasteiger partial charge >= 0.3 is 11.9 Å². The van der Waals surface area contributed by atoms with Crippen molar-refractivity contribution >= 4 is 68.9 Å². The molecular weight excluding hydrogens is 1020 g/mol. The first-order valence-corrected chi connectivity index (χ1v) is 27.3. The van der Waals surface area contributed by atoms with Crippen molar-refractivity contribution < 1.29 is 47.8 Å². The number of nitrogens with one attached hydrogen (secondary N) is 6. The van der Waals surface area contributed by atoms with Crippen LogP contribution < -0.4 is 31.9 Å².